The number of phenols is 1. The van der Waals surface area contributed by atoms with E-state index in [9.17, 15) is 20.0 Å². The minimum absolute atomic E-state index is 0.0148. The first kappa shape index (κ1) is 20.7. The maximum absolute atomic E-state index is 12.3. The minimum atomic E-state index is -0.529. The number of carbonyl (C=O) groups is 1. The molecule has 1 aliphatic heterocycles. The van der Waals surface area contributed by atoms with Crippen molar-refractivity contribution in [1.29, 1.82) is 0 Å². The number of nitro groups is 1. The van der Waals surface area contributed by atoms with E-state index in [0.29, 0.717) is 32.8 Å². The molecule has 0 aliphatic carbocycles. The smallest absolute Gasteiger partial charge is 0.270 e. The van der Waals surface area contributed by atoms with Crippen molar-refractivity contribution in [2.75, 3.05) is 0 Å². The van der Waals surface area contributed by atoms with Gasteiger partial charge >= 0.3 is 0 Å². The highest BCUT2D eigenvalue weighted by atomic mass is 35.5. The van der Waals surface area contributed by atoms with Crippen LogP contribution in [0.25, 0.3) is 17.4 Å². The summed E-state index contributed by atoms with van der Waals surface area (Å²) in [4.78, 5) is 27.3. The van der Waals surface area contributed by atoms with Crippen LogP contribution in [0, 0.1) is 17.0 Å². The predicted molar refractivity (Wildman–Crippen MR) is 119 cm³/mol. The number of phenolic OH excluding ortho intramolecular Hbond substituents is 1. The summed E-state index contributed by atoms with van der Waals surface area (Å²) in [5.74, 6) is 0.485. The number of carbonyl (C=O) groups excluding carboxylic acids is 1. The molecule has 10 heteroatoms. The Morgan fingerprint density at radius 2 is 2.03 bits per heavy atom. The van der Waals surface area contributed by atoms with E-state index in [1.54, 1.807) is 36.4 Å². The van der Waals surface area contributed by atoms with Gasteiger partial charge in [0.15, 0.2) is 5.17 Å². The number of aryl methyl sites for hydroxylation is 1. The Labute approximate surface area is 185 Å². The fourth-order valence-corrected chi connectivity index (χ4v) is 3.92. The summed E-state index contributed by atoms with van der Waals surface area (Å²) >= 11 is 7.26. The Bertz CT molecular complexity index is 1280. The number of rotatable bonds is 4. The number of amides is 1. The van der Waals surface area contributed by atoms with Crippen molar-refractivity contribution in [2.45, 2.75) is 6.92 Å². The largest absolute Gasteiger partial charge is 0.506 e. The molecule has 3 aromatic rings. The molecule has 31 heavy (non-hydrogen) atoms. The summed E-state index contributed by atoms with van der Waals surface area (Å²) in [6.07, 6.45) is 1.56. The number of amidine groups is 1. The van der Waals surface area contributed by atoms with Gasteiger partial charge in [0.05, 0.1) is 14.9 Å². The van der Waals surface area contributed by atoms with E-state index in [1.165, 1.54) is 18.2 Å². The fraction of sp³-hybridized carbons (Fsp3) is 0.0476. The summed E-state index contributed by atoms with van der Waals surface area (Å²) in [6.45, 7) is 1.88. The van der Waals surface area contributed by atoms with Crippen LogP contribution in [0.1, 0.15) is 11.3 Å². The average Bonchev–Trinajstić information content (AvgIpc) is 3.31. The SMILES string of the molecule is Cc1ccc(O)c(N=C2NC(=O)/C(=C\c3ccc(-c4ccc([N+](=O)[O-])cc4Cl)o3)S2)c1. The molecular weight excluding hydrogens is 442 g/mol. The van der Waals surface area contributed by atoms with Crippen molar-refractivity contribution in [2.24, 2.45) is 4.99 Å². The molecule has 1 aromatic heterocycles. The Hall–Kier alpha value is -3.56. The monoisotopic (exact) mass is 455 g/mol. The topological polar surface area (TPSA) is 118 Å². The van der Waals surface area contributed by atoms with Crippen LogP contribution in [0.3, 0.4) is 0 Å². The van der Waals surface area contributed by atoms with Gasteiger partial charge in [0.1, 0.15) is 23.0 Å². The summed E-state index contributed by atoms with van der Waals surface area (Å²) in [6, 6.07) is 12.4. The molecule has 156 valence electrons. The minimum Gasteiger partial charge on any atom is -0.506 e. The maximum atomic E-state index is 12.3. The van der Waals surface area contributed by atoms with Crippen LogP contribution in [0.4, 0.5) is 11.4 Å². The summed E-state index contributed by atoms with van der Waals surface area (Å²) in [5, 5.41) is 24.0. The lowest BCUT2D eigenvalue weighted by molar-refractivity contribution is -0.384. The second-order valence-electron chi connectivity index (χ2n) is 6.60. The number of aliphatic imine (C=N–C) groups is 1. The van der Waals surface area contributed by atoms with Crippen molar-refractivity contribution in [3.63, 3.8) is 0 Å². The molecule has 0 unspecified atom stereocenters. The van der Waals surface area contributed by atoms with Gasteiger partial charge in [0.25, 0.3) is 11.6 Å². The molecule has 1 aliphatic rings. The highest BCUT2D eigenvalue weighted by molar-refractivity contribution is 8.18. The fourth-order valence-electron chi connectivity index (χ4n) is 2.83. The zero-order valence-electron chi connectivity index (χ0n) is 16.0. The van der Waals surface area contributed by atoms with Gasteiger partial charge in [-0.3, -0.25) is 14.9 Å². The number of thioether (sulfide) groups is 1. The number of non-ortho nitro benzene ring substituents is 1. The first-order valence-electron chi connectivity index (χ1n) is 8.93. The number of aromatic hydroxyl groups is 1. The normalized spacial score (nSPS) is 16.1. The molecular formula is C21H14ClN3O5S. The first-order chi connectivity index (χ1) is 14.8. The zero-order chi connectivity index (χ0) is 22.1. The molecule has 0 radical (unpaired) electrons. The Morgan fingerprint density at radius 1 is 1.23 bits per heavy atom. The molecule has 2 heterocycles. The van der Waals surface area contributed by atoms with Gasteiger partial charge in [-0.15, -0.1) is 0 Å². The van der Waals surface area contributed by atoms with Gasteiger partial charge in [0.2, 0.25) is 0 Å². The molecule has 0 saturated carbocycles. The number of benzene rings is 2. The molecule has 1 fully saturated rings. The lowest BCUT2D eigenvalue weighted by Crippen LogP contribution is -2.19. The van der Waals surface area contributed by atoms with Gasteiger partial charge in [-0.1, -0.05) is 17.7 Å². The molecule has 2 aromatic carbocycles. The number of furan rings is 1. The predicted octanol–water partition coefficient (Wildman–Crippen LogP) is 5.41. The van der Waals surface area contributed by atoms with E-state index in [2.05, 4.69) is 10.3 Å². The molecule has 8 nitrogen and oxygen atoms in total. The summed E-state index contributed by atoms with van der Waals surface area (Å²) in [7, 11) is 0. The van der Waals surface area contributed by atoms with Crippen LogP contribution < -0.4 is 5.32 Å². The third-order valence-corrected chi connectivity index (χ3v) is 5.56. The third-order valence-electron chi connectivity index (χ3n) is 4.33. The van der Waals surface area contributed by atoms with Gasteiger partial charge < -0.3 is 14.8 Å². The number of nitrogens with zero attached hydrogens (tertiary/aromatic N) is 2. The third kappa shape index (κ3) is 4.47. The number of halogens is 1. The summed E-state index contributed by atoms with van der Waals surface area (Å²) in [5.41, 5.74) is 1.66. The average molecular weight is 456 g/mol. The Balaban J connectivity index is 1.57. The quantitative estimate of drug-likeness (QED) is 0.308. The van der Waals surface area contributed by atoms with Crippen LogP contribution in [0.2, 0.25) is 5.02 Å². The van der Waals surface area contributed by atoms with Crippen LogP contribution in [-0.4, -0.2) is 21.1 Å². The van der Waals surface area contributed by atoms with E-state index in [4.69, 9.17) is 16.0 Å². The standard InChI is InChI=1S/C21H14ClN3O5S/c1-11-2-6-17(26)16(8-11)23-21-24-20(27)19(31-21)10-13-4-7-18(30-13)14-5-3-12(25(28)29)9-15(14)22/h2-10,26H,1H3,(H,23,24,27)/b19-10+. The number of hydrogen-bond acceptors (Lipinski definition) is 7. The molecule has 0 bridgehead atoms. The van der Waals surface area contributed by atoms with Crippen molar-refractivity contribution in [1.82, 2.24) is 5.32 Å². The van der Waals surface area contributed by atoms with Gasteiger partial charge in [0, 0.05) is 23.8 Å². The van der Waals surface area contributed by atoms with Crippen LogP contribution in [0.5, 0.6) is 5.75 Å². The zero-order valence-corrected chi connectivity index (χ0v) is 17.5. The van der Waals surface area contributed by atoms with Crippen molar-refractivity contribution < 1.29 is 19.2 Å². The lowest BCUT2D eigenvalue weighted by Gasteiger charge is -2.01. The highest BCUT2D eigenvalue weighted by Gasteiger charge is 2.25. The molecule has 2 N–H and O–H groups in total. The van der Waals surface area contributed by atoms with Crippen LogP contribution in [0.15, 0.2) is 62.8 Å². The van der Waals surface area contributed by atoms with Crippen LogP contribution in [-0.2, 0) is 4.79 Å². The van der Waals surface area contributed by atoms with E-state index < -0.39 is 4.92 Å². The number of hydrogen-bond donors (Lipinski definition) is 2. The molecule has 4 rings (SSSR count). The first-order valence-corrected chi connectivity index (χ1v) is 10.1. The lowest BCUT2D eigenvalue weighted by atomic mass is 10.1. The second kappa shape index (κ2) is 8.29. The molecule has 0 spiro atoms. The Kier molecular flexibility index (Phi) is 5.53. The number of nitro benzene ring substituents is 1. The van der Waals surface area contributed by atoms with E-state index in [1.807, 2.05) is 6.92 Å². The van der Waals surface area contributed by atoms with Crippen molar-refractivity contribution in [3.8, 4) is 17.1 Å². The number of nitrogens with one attached hydrogen (secondary N) is 1. The van der Waals surface area contributed by atoms with Gasteiger partial charge in [-0.2, -0.15) is 0 Å². The van der Waals surface area contributed by atoms with Crippen LogP contribution >= 0.6 is 23.4 Å². The Morgan fingerprint density at radius 3 is 2.77 bits per heavy atom. The van der Waals surface area contributed by atoms with E-state index in [-0.39, 0.29) is 22.4 Å². The highest BCUT2D eigenvalue weighted by Crippen LogP contribution is 2.35. The maximum Gasteiger partial charge on any atom is 0.270 e. The van der Waals surface area contributed by atoms with Crippen molar-refractivity contribution >= 4 is 51.9 Å². The second-order valence-corrected chi connectivity index (χ2v) is 8.04. The summed E-state index contributed by atoms with van der Waals surface area (Å²) < 4.78 is 5.75. The van der Waals surface area contributed by atoms with Crippen molar-refractivity contribution in [3.05, 3.63) is 79.9 Å². The van der Waals surface area contributed by atoms with Gasteiger partial charge in [-0.25, -0.2) is 4.99 Å². The molecule has 0 atom stereocenters. The van der Waals surface area contributed by atoms with Gasteiger partial charge in [-0.05, 0) is 54.6 Å². The molecule has 1 amide bonds. The van der Waals surface area contributed by atoms with E-state index >= 15 is 0 Å². The molecule has 1 saturated heterocycles. The van der Waals surface area contributed by atoms with E-state index in [0.717, 1.165) is 17.3 Å².